The molecular weight excluding hydrogens is 525 g/mol. The maximum Gasteiger partial charge on any atom is 0.287 e. The number of benzene rings is 2. The third-order valence-electron chi connectivity index (χ3n) is 7.15. The lowest BCUT2D eigenvalue weighted by atomic mass is 10.0. The van der Waals surface area contributed by atoms with E-state index in [1.807, 2.05) is 23.1 Å². The Hall–Kier alpha value is -3.29. The van der Waals surface area contributed by atoms with E-state index in [1.165, 1.54) is 29.0 Å². The minimum absolute atomic E-state index is 0.0938. The third-order valence-corrected chi connectivity index (χ3v) is 7.64. The number of nitrogens with one attached hydrogen (secondary N) is 1. The molecule has 0 bridgehead atoms. The lowest BCUT2D eigenvalue weighted by molar-refractivity contribution is -0.133. The Kier molecular flexibility index (Phi) is 8.05. The van der Waals surface area contributed by atoms with Gasteiger partial charge in [-0.15, -0.1) is 0 Å². The number of carbonyl (C=O) groups is 2. The van der Waals surface area contributed by atoms with Gasteiger partial charge in [0.25, 0.3) is 5.91 Å². The molecule has 0 spiro atoms. The van der Waals surface area contributed by atoms with Crippen LogP contribution >= 0.6 is 23.2 Å². The first-order valence-corrected chi connectivity index (χ1v) is 13.6. The Balaban J connectivity index is 1.18. The van der Waals surface area contributed by atoms with Gasteiger partial charge < -0.3 is 19.5 Å². The van der Waals surface area contributed by atoms with Gasteiger partial charge in [0.2, 0.25) is 5.91 Å². The van der Waals surface area contributed by atoms with E-state index in [9.17, 15) is 14.4 Å². The summed E-state index contributed by atoms with van der Waals surface area (Å²) in [5.74, 6) is -0.332. The molecule has 1 aromatic heterocycles. The highest BCUT2D eigenvalue weighted by Crippen LogP contribution is 2.29. The number of amides is 2. The molecule has 2 amide bonds. The van der Waals surface area contributed by atoms with E-state index >= 15 is 0 Å². The Labute approximate surface area is 231 Å². The van der Waals surface area contributed by atoms with Gasteiger partial charge in [-0.05, 0) is 49.4 Å². The summed E-state index contributed by atoms with van der Waals surface area (Å²) >= 11 is 12.1. The highest BCUT2D eigenvalue weighted by molar-refractivity contribution is 6.38. The van der Waals surface area contributed by atoms with Crippen molar-refractivity contribution in [3.05, 3.63) is 85.7 Å². The van der Waals surface area contributed by atoms with Crippen molar-refractivity contribution in [3.8, 4) is 0 Å². The largest absolute Gasteiger partial charge is 0.449 e. The summed E-state index contributed by atoms with van der Waals surface area (Å²) in [5, 5.41) is 3.54. The van der Waals surface area contributed by atoms with E-state index in [0.29, 0.717) is 24.5 Å². The molecule has 5 rings (SSSR count). The van der Waals surface area contributed by atoms with Crippen molar-refractivity contribution in [2.75, 3.05) is 31.1 Å². The second kappa shape index (κ2) is 11.6. The van der Waals surface area contributed by atoms with Crippen LogP contribution in [0.4, 0.5) is 5.69 Å². The number of nitrogens with zero attached hydrogens (tertiary/aromatic N) is 2. The Morgan fingerprint density at radius 3 is 2.58 bits per heavy atom. The molecule has 38 heavy (non-hydrogen) atoms. The molecule has 0 saturated carbocycles. The summed E-state index contributed by atoms with van der Waals surface area (Å²) < 4.78 is 5.61. The molecule has 2 fully saturated rings. The summed E-state index contributed by atoms with van der Waals surface area (Å²) in [7, 11) is 0. The summed E-state index contributed by atoms with van der Waals surface area (Å²) in [6, 6.07) is 12.4. The van der Waals surface area contributed by atoms with Crippen LogP contribution in [0.5, 0.6) is 0 Å². The van der Waals surface area contributed by atoms with Crippen LogP contribution in [0.15, 0.2) is 63.3 Å². The average molecular weight is 554 g/mol. The molecule has 2 aromatic carbocycles. The van der Waals surface area contributed by atoms with Gasteiger partial charge in [-0.3, -0.25) is 14.4 Å². The average Bonchev–Trinajstić information content (AvgIpc) is 2.91. The number of para-hydroxylation sites is 1. The smallest absolute Gasteiger partial charge is 0.287 e. The fraction of sp³-hybridized carbons (Fsp3) is 0.345. The third kappa shape index (κ3) is 5.89. The fourth-order valence-corrected chi connectivity index (χ4v) is 5.63. The fourth-order valence-electron chi connectivity index (χ4n) is 5.10. The SMILES string of the molecule is O=C(NCC=C1CCN(c2ccccc2CN2CCCCC2=O)CC1)c1cc(=O)c2cc(Cl)cc(Cl)c2o1. The van der Waals surface area contributed by atoms with Gasteiger partial charge >= 0.3 is 0 Å². The molecular formula is C29H29Cl2N3O4. The number of fused-ring (bicyclic) bond motifs is 1. The molecule has 0 unspecified atom stereocenters. The van der Waals surface area contributed by atoms with Crippen LogP contribution in [-0.4, -0.2) is 42.9 Å². The van der Waals surface area contributed by atoms with Gasteiger partial charge in [0.05, 0.1) is 10.4 Å². The molecule has 3 heterocycles. The maximum absolute atomic E-state index is 12.6. The number of anilines is 1. The topological polar surface area (TPSA) is 82.9 Å². The van der Waals surface area contributed by atoms with Crippen molar-refractivity contribution >= 4 is 51.7 Å². The Bertz CT molecular complexity index is 1460. The van der Waals surface area contributed by atoms with Gasteiger partial charge in [-0.2, -0.15) is 0 Å². The van der Waals surface area contributed by atoms with Crippen LogP contribution < -0.4 is 15.6 Å². The number of hydrogen-bond acceptors (Lipinski definition) is 5. The lowest BCUT2D eigenvalue weighted by Crippen LogP contribution is -2.36. The van der Waals surface area contributed by atoms with E-state index in [1.54, 1.807) is 0 Å². The number of rotatable bonds is 6. The van der Waals surface area contributed by atoms with Crippen molar-refractivity contribution in [2.24, 2.45) is 0 Å². The standard InChI is InChI=1S/C29H29Cl2N3O4/c30-21-15-22-25(35)17-26(38-28(22)23(31)16-21)29(37)32-11-8-19-9-13-33(14-10-19)24-6-2-1-5-20(24)18-34-12-4-3-7-27(34)36/h1-2,5-6,8,15-17H,3-4,7,9-14,18H2,(H,32,37). The summed E-state index contributed by atoms with van der Waals surface area (Å²) in [5.41, 5.74) is 3.40. The van der Waals surface area contributed by atoms with E-state index in [-0.39, 0.29) is 33.1 Å². The van der Waals surface area contributed by atoms with Crippen LogP contribution in [0, 0.1) is 0 Å². The minimum Gasteiger partial charge on any atom is -0.449 e. The van der Waals surface area contributed by atoms with E-state index in [4.69, 9.17) is 27.6 Å². The van der Waals surface area contributed by atoms with Crippen LogP contribution in [0.3, 0.4) is 0 Å². The maximum atomic E-state index is 12.6. The Morgan fingerprint density at radius 2 is 1.79 bits per heavy atom. The first-order valence-electron chi connectivity index (χ1n) is 12.9. The highest BCUT2D eigenvalue weighted by atomic mass is 35.5. The second-order valence-electron chi connectivity index (χ2n) is 9.70. The monoisotopic (exact) mass is 553 g/mol. The van der Waals surface area contributed by atoms with Crippen molar-refractivity contribution in [1.82, 2.24) is 10.2 Å². The molecule has 198 valence electrons. The Morgan fingerprint density at radius 1 is 1.00 bits per heavy atom. The first kappa shape index (κ1) is 26.3. The van der Waals surface area contributed by atoms with Gasteiger partial charge in [0.1, 0.15) is 0 Å². The molecule has 2 aliphatic rings. The summed E-state index contributed by atoms with van der Waals surface area (Å²) in [6.07, 6.45) is 6.49. The minimum atomic E-state index is -0.481. The van der Waals surface area contributed by atoms with E-state index in [0.717, 1.165) is 51.4 Å². The summed E-state index contributed by atoms with van der Waals surface area (Å²) in [4.78, 5) is 41.7. The molecule has 9 heteroatoms. The molecule has 0 radical (unpaired) electrons. The zero-order valence-corrected chi connectivity index (χ0v) is 22.5. The quantitative estimate of drug-likeness (QED) is 0.403. The first-order chi connectivity index (χ1) is 18.4. The van der Waals surface area contributed by atoms with E-state index in [2.05, 4.69) is 22.3 Å². The van der Waals surface area contributed by atoms with Gasteiger partial charge in [-0.25, -0.2) is 0 Å². The zero-order valence-electron chi connectivity index (χ0n) is 21.0. The number of likely N-dealkylation sites (tertiary alicyclic amines) is 1. The number of hydrogen-bond donors (Lipinski definition) is 1. The number of carbonyl (C=O) groups excluding carboxylic acids is 2. The predicted molar refractivity (Wildman–Crippen MR) is 150 cm³/mol. The molecule has 2 saturated heterocycles. The van der Waals surface area contributed by atoms with Crippen molar-refractivity contribution in [3.63, 3.8) is 0 Å². The molecule has 3 aromatic rings. The highest BCUT2D eigenvalue weighted by Gasteiger charge is 2.22. The van der Waals surface area contributed by atoms with Crippen molar-refractivity contribution in [2.45, 2.75) is 38.6 Å². The zero-order chi connectivity index (χ0) is 26.6. The van der Waals surface area contributed by atoms with Crippen LogP contribution in [0.2, 0.25) is 10.0 Å². The number of halogens is 2. The van der Waals surface area contributed by atoms with Crippen molar-refractivity contribution in [1.29, 1.82) is 0 Å². The van der Waals surface area contributed by atoms with Crippen LogP contribution in [0.25, 0.3) is 11.0 Å². The molecule has 1 N–H and O–H groups in total. The lowest BCUT2D eigenvalue weighted by Gasteiger charge is -2.34. The normalized spacial score (nSPS) is 16.2. The molecule has 0 aliphatic carbocycles. The van der Waals surface area contributed by atoms with Gasteiger partial charge in [0.15, 0.2) is 16.8 Å². The number of piperidine rings is 2. The van der Waals surface area contributed by atoms with Crippen LogP contribution in [-0.2, 0) is 11.3 Å². The van der Waals surface area contributed by atoms with Gasteiger partial charge in [0, 0.05) is 55.9 Å². The molecule has 7 nitrogen and oxygen atoms in total. The summed E-state index contributed by atoms with van der Waals surface area (Å²) in [6.45, 7) is 3.55. The second-order valence-corrected chi connectivity index (χ2v) is 10.5. The molecule has 2 aliphatic heterocycles. The van der Waals surface area contributed by atoms with E-state index < -0.39 is 5.91 Å². The van der Waals surface area contributed by atoms with Crippen LogP contribution in [0.1, 0.15) is 48.2 Å². The predicted octanol–water partition coefficient (Wildman–Crippen LogP) is 5.57. The van der Waals surface area contributed by atoms with Gasteiger partial charge in [-0.1, -0.05) is 53.1 Å². The molecule has 0 atom stereocenters. The van der Waals surface area contributed by atoms with Crippen molar-refractivity contribution < 1.29 is 14.0 Å².